The van der Waals surface area contributed by atoms with Crippen molar-refractivity contribution in [2.45, 2.75) is 52.8 Å². The van der Waals surface area contributed by atoms with Gasteiger partial charge in [0, 0.05) is 13.1 Å². The molecule has 18 heavy (non-hydrogen) atoms. The normalized spacial score (nSPS) is 13.4. The third-order valence-corrected chi connectivity index (χ3v) is 10.3. The maximum atomic E-state index is 5.72. The Morgan fingerprint density at radius 3 is 1.94 bits per heavy atom. The Bertz CT molecular complexity index is 333. The molecule has 0 N–H and O–H groups in total. The third kappa shape index (κ3) is 3.79. The number of hydrogen-bond acceptors (Lipinski definition) is 1. The molecule has 0 aliphatic rings. The maximum absolute atomic E-state index is 5.72. The van der Waals surface area contributed by atoms with Gasteiger partial charge in [-0.15, -0.1) is 0 Å². The maximum Gasteiger partial charge on any atom is 0.101 e. The molecule has 0 aliphatic carbocycles. The Hall–Kier alpha value is -0.413. The van der Waals surface area contributed by atoms with Crippen molar-refractivity contribution >= 4 is 25.3 Å². The van der Waals surface area contributed by atoms with Crippen LogP contribution in [0.25, 0.3) is 0 Å². The molecule has 0 aliphatic heterocycles. The van der Waals surface area contributed by atoms with Crippen LogP contribution in [-0.4, -0.2) is 31.1 Å². The minimum atomic E-state index is -1.61. The zero-order valence-electron chi connectivity index (χ0n) is 13.1. The zero-order valence-corrected chi connectivity index (χ0v) is 14.9. The highest BCUT2D eigenvalue weighted by atomic mass is 32.1. The highest BCUT2D eigenvalue weighted by molar-refractivity contribution is 7.81. The predicted octanol–water partition coefficient (Wildman–Crippen LogP) is 4.82. The van der Waals surface area contributed by atoms with Crippen LogP contribution in [-0.2, 0) is 0 Å². The molecule has 0 spiro atoms. The largest absolute Gasteiger partial charge is 0.363 e. The molecule has 104 valence electrons. The van der Waals surface area contributed by atoms with Gasteiger partial charge in [0.15, 0.2) is 0 Å². The quantitative estimate of drug-likeness (QED) is 0.308. The minimum absolute atomic E-state index is 0.291. The molecular formula is C15H29NSSi. The molecule has 0 aromatic rings. The van der Waals surface area contributed by atoms with Gasteiger partial charge < -0.3 is 4.90 Å². The highest BCUT2D eigenvalue weighted by Gasteiger charge is 2.40. The average molecular weight is 284 g/mol. The number of hydrogen-bond donors (Lipinski definition) is 0. The lowest BCUT2D eigenvalue weighted by molar-refractivity contribution is 0.475. The number of allylic oxidation sites excluding steroid dienone is 2. The molecule has 0 saturated heterocycles. The summed E-state index contributed by atoms with van der Waals surface area (Å²) >= 11 is 5.72. The van der Waals surface area contributed by atoms with E-state index in [2.05, 4.69) is 65.3 Å². The molecule has 0 fully saturated rings. The van der Waals surface area contributed by atoms with Crippen molar-refractivity contribution in [1.29, 1.82) is 0 Å². The summed E-state index contributed by atoms with van der Waals surface area (Å²) in [5, 5.41) is 1.64. The summed E-state index contributed by atoms with van der Waals surface area (Å²) in [6.07, 6.45) is 4.02. The fourth-order valence-electron chi connectivity index (χ4n) is 1.75. The second-order valence-corrected chi connectivity index (χ2v) is 11.8. The van der Waals surface area contributed by atoms with E-state index in [0.29, 0.717) is 5.04 Å². The van der Waals surface area contributed by atoms with E-state index < -0.39 is 8.07 Å². The molecule has 1 nitrogen and oxygen atoms in total. The molecule has 0 aromatic heterocycles. The summed E-state index contributed by atoms with van der Waals surface area (Å²) in [5.41, 5.74) is 0. The molecule has 3 heteroatoms. The van der Waals surface area contributed by atoms with Gasteiger partial charge in [-0.2, -0.15) is 0 Å². The highest BCUT2D eigenvalue weighted by Crippen LogP contribution is 2.41. The van der Waals surface area contributed by atoms with Gasteiger partial charge in [-0.25, -0.2) is 0 Å². The molecule has 0 amide bonds. The lowest BCUT2D eigenvalue weighted by Crippen LogP contribution is -2.46. The van der Waals surface area contributed by atoms with E-state index in [1.54, 1.807) is 0 Å². The number of likely N-dealkylation sites (N-methyl/N-ethyl adjacent to an activating group) is 1. The van der Waals surface area contributed by atoms with Gasteiger partial charge in [0.1, 0.15) is 4.99 Å². The van der Waals surface area contributed by atoms with Gasteiger partial charge in [-0.05, 0) is 24.1 Å². The standard InChI is InChI=1S/C15H29NSSi/c1-9-12-13(14(17)16(10-2)11-3)18(7,8)15(4,5)6/h9,12H,1,10-11H2,2-8H3/b13-12+. The van der Waals surface area contributed by atoms with Crippen molar-refractivity contribution in [1.82, 2.24) is 4.90 Å². The van der Waals surface area contributed by atoms with Crippen molar-refractivity contribution in [3.05, 3.63) is 23.9 Å². The van der Waals surface area contributed by atoms with Crippen LogP contribution in [0.4, 0.5) is 0 Å². The van der Waals surface area contributed by atoms with Gasteiger partial charge >= 0.3 is 0 Å². The van der Waals surface area contributed by atoms with Gasteiger partial charge in [0.05, 0.1) is 8.07 Å². The van der Waals surface area contributed by atoms with Gasteiger partial charge in [0.25, 0.3) is 0 Å². The van der Waals surface area contributed by atoms with Crippen LogP contribution in [0.3, 0.4) is 0 Å². The Morgan fingerprint density at radius 1 is 1.22 bits per heavy atom. The summed E-state index contributed by atoms with van der Waals surface area (Å²) in [6.45, 7) is 21.9. The Morgan fingerprint density at radius 2 is 1.67 bits per heavy atom. The topological polar surface area (TPSA) is 3.24 Å². The first-order chi connectivity index (χ1) is 8.13. The molecule has 0 aromatic carbocycles. The fourth-order valence-corrected chi connectivity index (χ4v) is 4.88. The average Bonchev–Trinajstić information content (AvgIpc) is 2.25. The first-order valence-corrected chi connectivity index (χ1v) is 10.2. The van der Waals surface area contributed by atoms with Crippen molar-refractivity contribution < 1.29 is 0 Å². The second-order valence-electron chi connectivity index (χ2n) is 6.17. The first kappa shape index (κ1) is 17.6. The lowest BCUT2D eigenvalue weighted by atomic mass is 10.2. The molecule has 0 unspecified atom stereocenters. The Balaban J connectivity index is 5.55. The third-order valence-electron chi connectivity index (χ3n) is 4.11. The van der Waals surface area contributed by atoms with Gasteiger partial charge in [-0.3, -0.25) is 0 Å². The van der Waals surface area contributed by atoms with E-state index in [9.17, 15) is 0 Å². The molecule has 0 rings (SSSR count). The second kappa shape index (κ2) is 6.67. The summed E-state index contributed by atoms with van der Waals surface area (Å²) in [7, 11) is -1.61. The molecular weight excluding hydrogens is 254 g/mol. The summed E-state index contributed by atoms with van der Waals surface area (Å²) < 4.78 is 0. The molecule has 0 atom stereocenters. The van der Waals surface area contributed by atoms with Crippen molar-refractivity contribution in [2.75, 3.05) is 13.1 Å². The first-order valence-electron chi connectivity index (χ1n) is 6.75. The Kier molecular flexibility index (Phi) is 6.51. The lowest BCUT2D eigenvalue weighted by Gasteiger charge is -2.41. The van der Waals surface area contributed by atoms with Crippen LogP contribution >= 0.6 is 12.2 Å². The van der Waals surface area contributed by atoms with Crippen molar-refractivity contribution in [2.24, 2.45) is 0 Å². The molecule has 0 bridgehead atoms. The van der Waals surface area contributed by atoms with Crippen LogP contribution in [0.15, 0.2) is 23.9 Å². The monoisotopic (exact) mass is 283 g/mol. The number of nitrogens with zero attached hydrogens (tertiary/aromatic N) is 1. The van der Waals surface area contributed by atoms with E-state index in [0.717, 1.165) is 18.1 Å². The van der Waals surface area contributed by atoms with Crippen LogP contribution < -0.4 is 0 Å². The SMILES string of the molecule is C=C/C=C(\C(=S)N(CC)CC)[Si](C)(C)C(C)(C)C. The molecule has 0 radical (unpaired) electrons. The van der Waals surface area contributed by atoms with Crippen LogP contribution in [0.1, 0.15) is 34.6 Å². The van der Waals surface area contributed by atoms with Crippen LogP contribution in [0.2, 0.25) is 18.1 Å². The van der Waals surface area contributed by atoms with Crippen LogP contribution in [0.5, 0.6) is 0 Å². The zero-order chi connectivity index (χ0) is 14.6. The van der Waals surface area contributed by atoms with E-state index in [4.69, 9.17) is 12.2 Å². The van der Waals surface area contributed by atoms with E-state index in [-0.39, 0.29) is 0 Å². The fraction of sp³-hybridized carbons (Fsp3) is 0.667. The van der Waals surface area contributed by atoms with Crippen molar-refractivity contribution in [3.8, 4) is 0 Å². The van der Waals surface area contributed by atoms with Gasteiger partial charge in [0.2, 0.25) is 0 Å². The van der Waals surface area contributed by atoms with E-state index >= 15 is 0 Å². The van der Waals surface area contributed by atoms with E-state index in [1.165, 1.54) is 5.20 Å². The summed E-state index contributed by atoms with van der Waals surface area (Å²) in [4.78, 5) is 3.29. The number of thiocarbonyl (C=S) groups is 1. The summed E-state index contributed by atoms with van der Waals surface area (Å²) in [6, 6.07) is 0. The van der Waals surface area contributed by atoms with Crippen LogP contribution in [0, 0.1) is 0 Å². The molecule has 0 heterocycles. The Labute approximate surface area is 120 Å². The number of rotatable bonds is 5. The molecule has 0 saturated carbocycles. The van der Waals surface area contributed by atoms with Crippen molar-refractivity contribution in [3.63, 3.8) is 0 Å². The predicted molar refractivity (Wildman–Crippen MR) is 91.0 cm³/mol. The smallest absolute Gasteiger partial charge is 0.101 e. The van der Waals surface area contributed by atoms with E-state index in [1.807, 2.05) is 6.08 Å². The summed E-state index contributed by atoms with van der Waals surface area (Å²) in [5.74, 6) is 0. The van der Waals surface area contributed by atoms with Gasteiger partial charge in [-0.1, -0.05) is 64.8 Å². The minimum Gasteiger partial charge on any atom is -0.363 e.